The van der Waals surface area contributed by atoms with Crippen molar-refractivity contribution in [3.8, 4) is 0 Å². The summed E-state index contributed by atoms with van der Waals surface area (Å²) in [7, 11) is 0. The molecule has 2 aromatic heterocycles. The van der Waals surface area contributed by atoms with Crippen LogP contribution in [0, 0.1) is 0 Å². The molecule has 170 valence electrons. The van der Waals surface area contributed by atoms with Gasteiger partial charge in [-0.15, -0.1) is 10.2 Å². The largest absolute Gasteiger partial charge is 0.353 e. The molecule has 7 nitrogen and oxygen atoms in total. The molecule has 1 aliphatic rings. The number of hydrogen-bond acceptors (Lipinski definition) is 6. The number of fused-ring (bicyclic) bond motifs is 1. The van der Waals surface area contributed by atoms with Crippen molar-refractivity contribution in [2.45, 2.75) is 50.0 Å². The fourth-order valence-corrected chi connectivity index (χ4v) is 5.47. The van der Waals surface area contributed by atoms with E-state index in [2.05, 4.69) is 32.2 Å². The summed E-state index contributed by atoms with van der Waals surface area (Å²) in [5.41, 5.74) is 2.19. The predicted octanol–water partition coefficient (Wildman–Crippen LogP) is 3.71. The van der Waals surface area contributed by atoms with Crippen LogP contribution in [0.2, 0.25) is 0 Å². The van der Waals surface area contributed by atoms with Crippen molar-refractivity contribution in [2.24, 2.45) is 0 Å². The number of nitrogens with one attached hydrogen (secondary N) is 1. The minimum atomic E-state index is -0.00644. The number of rotatable bonds is 10. The van der Waals surface area contributed by atoms with Gasteiger partial charge in [-0.1, -0.05) is 65.6 Å². The van der Waals surface area contributed by atoms with E-state index in [9.17, 15) is 9.59 Å². The van der Waals surface area contributed by atoms with Crippen LogP contribution in [-0.4, -0.2) is 37.0 Å². The van der Waals surface area contributed by atoms with E-state index in [1.165, 1.54) is 28.7 Å². The standard InChI is InChI=1S/C24H25N5O2S2/c30-22(25-18-12-13-18)16-32-23-27-26-21(28(23)14-6-9-17-7-2-1-3-8-17)15-29-19-10-4-5-11-20(19)33-24(29)31/h1-5,7-8,10-11,18H,6,9,12-16H2,(H,25,30). The van der Waals surface area contributed by atoms with Crippen molar-refractivity contribution in [2.75, 3.05) is 5.75 Å². The number of amides is 1. The number of benzene rings is 2. The Labute approximate surface area is 199 Å². The van der Waals surface area contributed by atoms with E-state index >= 15 is 0 Å². The Kier molecular flexibility index (Phi) is 6.59. The molecule has 0 saturated heterocycles. The first-order valence-corrected chi connectivity index (χ1v) is 12.9. The van der Waals surface area contributed by atoms with E-state index in [0.29, 0.717) is 18.3 Å². The van der Waals surface area contributed by atoms with Crippen LogP contribution >= 0.6 is 23.1 Å². The van der Waals surface area contributed by atoms with E-state index in [4.69, 9.17) is 0 Å². The molecule has 1 N–H and O–H groups in total. The highest BCUT2D eigenvalue weighted by Crippen LogP contribution is 2.23. The zero-order chi connectivity index (χ0) is 22.6. The summed E-state index contributed by atoms with van der Waals surface area (Å²) in [6, 6.07) is 18.5. The monoisotopic (exact) mass is 479 g/mol. The zero-order valence-corrected chi connectivity index (χ0v) is 19.8. The minimum absolute atomic E-state index is 0.00644. The molecule has 1 saturated carbocycles. The van der Waals surface area contributed by atoms with Crippen LogP contribution in [0.25, 0.3) is 10.2 Å². The smallest absolute Gasteiger partial charge is 0.308 e. The second-order valence-electron chi connectivity index (χ2n) is 8.19. The summed E-state index contributed by atoms with van der Waals surface area (Å²) < 4.78 is 4.78. The lowest BCUT2D eigenvalue weighted by atomic mass is 10.1. The van der Waals surface area contributed by atoms with Gasteiger partial charge in [-0.05, 0) is 43.4 Å². The minimum Gasteiger partial charge on any atom is -0.353 e. The van der Waals surface area contributed by atoms with Gasteiger partial charge in [-0.3, -0.25) is 14.2 Å². The molecule has 9 heteroatoms. The molecular formula is C24H25N5O2S2. The average molecular weight is 480 g/mol. The van der Waals surface area contributed by atoms with Gasteiger partial charge in [0.2, 0.25) is 5.91 Å². The van der Waals surface area contributed by atoms with Crippen LogP contribution in [0.4, 0.5) is 0 Å². The van der Waals surface area contributed by atoms with Crippen molar-refractivity contribution in [3.63, 3.8) is 0 Å². The van der Waals surface area contributed by atoms with Crippen LogP contribution in [0.15, 0.2) is 64.5 Å². The van der Waals surface area contributed by atoms with Crippen molar-refractivity contribution in [1.29, 1.82) is 0 Å². The molecule has 1 amide bonds. The molecule has 0 aliphatic heterocycles. The maximum Gasteiger partial charge on any atom is 0.308 e. The van der Waals surface area contributed by atoms with Crippen LogP contribution in [0.5, 0.6) is 0 Å². The van der Waals surface area contributed by atoms with E-state index in [0.717, 1.165) is 53.4 Å². The molecule has 2 aromatic carbocycles. The average Bonchev–Trinajstić information content (AvgIpc) is 3.47. The summed E-state index contributed by atoms with van der Waals surface area (Å²) in [5, 5.41) is 12.5. The second-order valence-corrected chi connectivity index (χ2v) is 10.1. The number of aromatic nitrogens is 4. The zero-order valence-electron chi connectivity index (χ0n) is 18.1. The van der Waals surface area contributed by atoms with Gasteiger partial charge < -0.3 is 9.88 Å². The molecule has 0 atom stereocenters. The van der Waals surface area contributed by atoms with Crippen LogP contribution in [0.1, 0.15) is 30.7 Å². The molecule has 1 aliphatic carbocycles. The van der Waals surface area contributed by atoms with Gasteiger partial charge in [-0.2, -0.15) is 0 Å². The third-order valence-electron chi connectivity index (χ3n) is 5.63. The van der Waals surface area contributed by atoms with Crippen molar-refractivity contribution >= 4 is 39.2 Å². The Morgan fingerprint density at radius 3 is 2.67 bits per heavy atom. The first kappa shape index (κ1) is 21.9. The number of para-hydroxylation sites is 1. The van der Waals surface area contributed by atoms with E-state index in [1.807, 2.05) is 42.5 Å². The van der Waals surface area contributed by atoms with E-state index < -0.39 is 0 Å². The highest BCUT2D eigenvalue weighted by Gasteiger charge is 2.24. The van der Waals surface area contributed by atoms with Crippen molar-refractivity contribution < 1.29 is 4.79 Å². The SMILES string of the molecule is O=C(CSc1nnc(Cn2c(=O)sc3ccccc32)n1CCCc1ccccc1)NC1CC1. The summed E-state index contributed by atoms with van der Waals surface area (Å²) in [6.07, 6.45) is 3.99. The second kappa shape index (κ2) is 9.93. The fourth-order valence-electron chi connectivity index (χ4n) is 3.79. The lowest BCUT2D eigenvalue weighted by molar-refractivity contribution is -0.118. The van der Waals surface area contributed by atoms with Crippen LogP contribution in [0.3, 0.4) is 0 Å². The topological polar surface area (TPSA) is 81.8 Å². The van der Waals surface area contributed by atoms with Gasteiger partial charge in [0.25, 0.3) is 0 Å². The van der Waals surface area contributed by atoms with E-state index in [1.54, 1.807) is 4.57 Å². The maximum absolute atomic E-state index is 12.6. The number of carbonyl (C=O) groups excluding carboxylic acids is 1. The first-order chi connectivity index (χ1) is 16.2. The Morgan fingerprint density at radius 2 is 1.85 bits per heavy atom. The normalized spacial score (nSPS) is 13.5. The highest BCUT2D eigenvalue weighted by molar-refractivity contribution is 7.99. The number of nitrogens with zero attached hydrogens (tertiary/aromatic N) is 4. The molecule has 0 radical (unpaired) electrons. The maximum atomic E-state index is 12.6. The lowest BCUT2D eigenvalue weighted by Crippen LogP contribution is -2.27. The molecule has 1 fully saturated rings. The molecule has 0 spiro atoms. The van der Waals surface area contributed by atoms with Crippen molar-refractivity contribution in [1.82, 2.24) is 24.6 Å². The van der Waals surface area contributed by atoms with Gasteiger partial charge in [0.05, 0.1) is 22.5 Å². The molecular weight excluding hydrogens is 454 g/mol. The van der Waals surface area contributed by atoms with Crippen LogP contribution in [-0.2, 0) is 24.3 Å². The molecule has 2 heterocycles. The number of thiazole rings is 1. The fraction of sp³-hybridized carbons (Fsp3) is 0.333. The Hall–Kier alpha value is -2.91. The van der Waals surface area contributed by atoms with E-state index in [-0.39, 0.29) is 10.8 Å². The Morgan fingerprint density at radius 1 is 1.06 bits per heavy atom. The first-order valence-electron chi connectivity index (χ1n) is 11.1. The predicted molar refractivity (Wildman–Crippen MR) is 132 cm³/mol. The van der Waals surface area contributed by atoms with Gasteiger partial charge in [0.1, 0.15) is 0 Å². The Balaban J connectivity index is 1.35. The van der Waals surface area contributed by atoms with Gasteiger partial charge >= 0.3 is 4.87 Å². The van der Waals surface area contributed by atoms with Crippen LogP contribution < -0.4 is 10.2 Å². The summed E-state index contributed by atoms with van der Waals surface area (Å²) >= 11 is 2.65. The number of aryl methyl sites for hydroxylation is 1. The quantitative estimate of drug-likeness (QED) is 0.351. The van der Waals surface area contributed by atoms with Crippen molar-refractivity contribution in [3.05, 3.63) is 75.7 Å². The molecule has 4 aromatic rings. The van der Waals surface area contributed by atoms with Gasteiger partial charge in [0.15, 0.2) is 11.0 Å². The molecule has 5 rings (SSSR count). The Bertz CT molecular complexity index is 1310. The van der Waals surface area contributed by atoms with Gasteiger partial charge in [-0.25, -0.2) is 0 Å². The summed E-state index contributed by atoms with van der Waals surface area (Å²) in [6.45, 7) is 1.08. The number of hydrogen-bond donors (Lipinski definition) is 1. The third-order valence-corrected chi connectivity index (χ3v) is 7.56. The van der Waals surface area contributed by atoms with Gasteiger partial charge in [0, 0.05) is 12.6 Å². The third kappa shape index (κ3) is 5.36. The summed E-state index contributed by atoms with van der Waals surface area (Å²) in [5.74, 6) is 1.08. The summed E-state index contributed by atoms with van der Waals surface area (Å²) in [4.78, 5) is 24.8. The molecule has 0 unspecified atom stereocenters. The molecule has 0 bridgehead atoms. The molecule has 33 heavy (non-hydrogen) atoms. The highest BCUT2D eigenvalue weighted by atomic mass is 32.2. The number of thioether (sulfide) groups is 1. The lowest BCUT2D eigenvalue weighted by Gasteiger charge is -2.11. The number of carbonyl (C=O) groups is 1.